The third-order valence-electron chi connectivity index (χ3n) is 5.03. The van der Waals surface area contributed by atoms with Gasteiger partial charge in [-0.05, 0) is 37.8 Å². The molecule has 132 valence electrons. The number of ether oxygens (including phenoxy) is 2. The lowest BCUT2D eigenvalue weighted by Gasteiger charge is -2.37. The number of guanidine groups is 1. The number of furan rings is 1. The average molecular weight is 333 g/mol. The zero-order valence-corrected chi connectivity index (χ0v) is 14.1. The lowest BCUT2D eigenvalue weighted by molar-refractivity contribution is -0.0873. The number of nitrogens with one attached hydrogen (secondary N) is 2. The van der Waals surface area contributed by atoms with E-state index in [0.717, 1.165) is 63.8 Å². The molecule has 1 spiro atoms. The van der Waals surface area contributed by atoms with Gasteiger partial charge in [-0.1, -0.05) is 0 Å². The van der Waals surface area contributed by atoms with Gasteiger partial charge < -0.3 is 24.5 Å². The summed E-state index contributed by atoms with van der Waals surface area (Å²) in [6.07, 6.45) is 8.05. The van der Waals surface area contributed by atoms with Gasteiger partial charge in [-0.3, -0.25) is 4.99 Å². The molecule has 1 aromatic heterocycles. The number of nitrogens with zero attached hydrogens (tertiary/aromatic N) is 1. The molecule has 4 rings (SSSR count). The molecular formula is C18H27N3O3. The molecule has 3 aliphatic rings. The van der Waals surface area contributed by atoms with E-state index in [9.17, 15) is 0 Å². The fraction of sp³-hybridized carbons (Fsp3) is 0.722. The van der Waals surface area contributed by atoms with Gasteiger partial charge in [0, 0.05) is 44.7 Å². The second-order valence-corrected chi connectivity index (χ2v) is 7.15. The Morgan fingerprint density at radius 2 is 2.12 bits per heavy atom. The van der Waals surface area contributed by atoms with Crippen LogP contribution in [0.2, 0.25) is 0 Å². The molecule has 1 aromatic rings. The maximum absolute atomic E-state index is 6.02. The Kier molecular flexibility index (Phi) is 4.76. The summed E-state index contributed by atoms with van der Waals surface area (Å²) in [6.45, 7) is 3.07. The maximum atomic E-state index is 6.02. The van der Waals surface area contributed by atoms with Crippen LogP contribution in [0.4, 0.5) is 0 Å². The van der Waals surface area contributed by atoms with Gasteiger partial charge in [0.25, 0.3) is 0 Å². The van der Waals surface area contributed by atoms with Gasteiger partial charge in [-0.25, -0.2) is 0 Å². The monoisotopic (exact) mass is 333 g/mol. The van der Waals surface area contributed by atoms with Crippen molar-refractivity contribution in [3.05, 3.63) is 24.2 Å². The maximum Gasteiger partial charge on any atom is 0.191 e. The average Bonchev–Trinajstić information content (AvgIpc) is 3.05. The molecule has 0 radical (unpaired) electrons. The van der Waals surface area contributed by atoms with Crippen molar-refractivity contribution < 1.29 is 13.9 Å². The van der Waals surface area contributed by atoms with E-state index in [1.165, 1.54) is 12.8 Å². The first kappa shape index (κ1) is 16.0. The SMILES string of the molecule is c1coc(CCN=C(NC2CC2)NC2CCOC3(CCOC3)C2)c1. The first-order valence-electron chi connectivity index (χ1n) is 9.13. The van der Waals surface area contributed by atoms with E-state index in [1.807, 2.05) is 12.1 Å². The van der Waals surface area contributed by atoms with Gasteiger partial charge in [0.05, 0.1) is 18.5 Å². The molecule has 2 aliphatic heterocycles. The van der Waals surface area contributed by atoms with E-state index in [4.69, 9.17) is 18.9 Å². The van der Waals surface area contributed by atoms with Crippen LogP contribution in [0.1, 0.15) is 37.9 Å². The molecular weight excluding hydrogens is 306 g/mol. The van der Waals surface area contributed by atoms with E-state index in [0.29, 0.717) is 12.1 Å². The highest BCUT2D eigenvalue weighted by atomic mass is 16.6. The van der Waals surface area contributed by atoms with Crippen LogP contribution in [-0.2, 0) is 15.9 Å². The van der Waals surface area contributed by atoms with E-state index >= 15 is 0 Å². The fourth-order valence-electron chi connectivity index (χ4n) is 3.49. The van der Waals surface area contributed by atoms with Gasteiger partial charge in [-0.2, -0.15) is 0 Å². The summed E-state index contributed by atoms with van der Waals surface area (Å²) >= 11 is 0. The zero-order valence-electron chi connectivity index (χ0n) is 14.1. The molecule has 3 heterocycles. The Bertz CT molecular complexity index is 548. The fourth-order valence-corrected chi connectivity index (χ4v) is 3.49. The summed E-state index contributed by atoms with van der Waals surface area (Å²) in [6, 6.07) is 4.91. The Labute approximate surface area is 143 Å². The third-order valence-corrected chi connectivity index (χ3v) is 5.03. The van der Waals surface area contributed by atoms with Crippen LogP contribution >= 0.6 is 0 Å². The highest BCUT2D eigenvalue weighted by molar-refractivity contribution is 5.80. The molecule has 1 saturated carbocycles. The van der Waals surface area contributed by atoms with Crippen LogP contribution in [0.25, 0.3) is 0 Å². The van der Waals surface area contributed by atoms with E-state index in [-0.39, 0.29) is 5.60 Å². The summed E-state index contributed by atoms with van der Waals surface area (Å²) in [5.41, 5.74) is -0.0746. The normalized spacial score (nSPS) is 30.7. The molecule has 2 atom stereocenters. The van der Waals surface area contributed by atoms with Crippen molar-refractivity contribution in [2.45, 2.75) is 56.2 Å². The summed E-state index contributed by atoms with van der Waals surface area (Å²) < 4.78 is 17.0. The Balaban J connectivity index is 1.34. The van der Waals surface area contributed by atoms with Crippen LogP contribution in [0.5, 0.6) is 0 Å². The van der Waals surface area contributed by atoms with Crippen molar-refractivity contribution in [3.8, 4) is 0 Å². The summed E-state index contributed by atoms with van der Waals surface area (Å²) in [5.74, 6) is 1.92. The van der Waals surface area contributed by atoms with Gasteiger partial charge in [0.1, 0.15) is 5.76 Å². The van der Waals surface area contributed by atoms with E-state index in [2.05, 4.69) is 10.6 Å². The Hall–Kier alpha value is -1.53. The van der Waals surface area contributed by atoms with Crippen molar-refractivity contribution >= 4 is 5.96 Å². The summed E-state index contributed by atoms with van der Waals surface area (Å²) in [5, 5.41) is 7.16. The third kappa shape index (κ3) is 4.11. The highest BCUT2D eigenvalue weighted by Gasteiger charge is 2.41. The standard InChI is InChI=1S/C18H27N3O3/c1-2-16(23-9-1)5-8-19-17(20-14-3-4-14)21-15-6-10-24-18(12-15)7-11-22-13-18/h1-2,9,14-15H,3-8,10-13H2,(H2,19,20,21). The first-order valence-corrected chi connectivity index (χ1v) is 9.13. The number of aliphatic imine (C=N–C) groups is 1. The molecule has 0 bridgehead atoms. The molecule has 0 aromatic carbocycles. The molecule has 2 unspecified atom stereocenters. The Morgan fingerprint density at radius 3 is 2.88 bits per heavy atom. The van der Waals surface area contributed by atoms with Crippen molar-refractivity contribution in [3.63, 3.8) is 0 Å². The first-order chi connectivity index (χ1) is 11.8. The molecule has 6 heteroatoms. The van der Waals surface area contributed by atoms with Crippen LogP contribution in [0.3, 0.4) is 0 Å². The zero-order chi connectivity index (χ0) is 16.2. The van der Waals surface area contributed by atoms with Gasteiger partial charge in [0.15, 0.2) is 5.96 Å². The van der Waals surface area contributed by atoms with Gasteiger partial charge >= 0.3 is 0 Å². The Morgan fingerprint density at radius 1 is 1.21 bits per heavy atom. The smallest absolute Gasteiger partial charge is 0.191 e. The molecule has 2 N–H and O–H groups in total. The van der Waals surface area contributed by atoms with Gasteiger partial charge in [0.2, 0.25) is 0 Å². The lowest BCUT2D eigenvalue weighted by Crippen LogP contribution is -2.52. The minimum atomic E-state index is -0.0746. The van der Waals surface area contributed by atoms with E-state index in [1.54, 1.807) is 6.26 Å². The second-order valence-electron chi connectivity index (χ2n) is 7.15. The molecule has 6 nitrogen and oxygen atoms in total. The highest BCUT2D eigenvalue weighted by Crippen LogP contribution is 2.32. The molecule has 1 aliphatic carbocycles. The molecule has 0 amide bonds. The number of hydrogen-bond donors (Lipinski definition) is 2. The van der Waals surface area contributed by atoms with Gasteiger partial charge in [-0.15, -0.1) is 0 Å². The minimum absolute atomic E-state index is 0.0746. The molecule has 3 fully saturated rings. The predicted octanol–water partition coefficient (Wildman–Crippen LogP) is 1.86. The number of hydrogen-bond acceptors (Lipinski definition) is 4. The summed E-state index contributed by atoms with van der Waals surface area (Å²) in [4.78, 5) is 4.75. The van der Waals surface area contributed by atoms with Crippen LogP contribution in [-0.4, -0.2) is 50.0 Å². The largest absolute Gasteiger partial charge is 0.469 e. The van der Waals surface area contributed by atoms with Crippen LogP contribution in [0.15, 0.2) is 27.8 Å². The van der Waals surface area contributed by atoms with Crippen molar-refractivity contribution in [1.82, 2.24) is 10.6 Å². The van der Waals surface area contributed by atoms with Crippen molar-refractivity contribution in [2.24, 2.45) is 4.99 Å². The lowest BCUT2D eigenvalue weighted by atomic mass is 9.90. The summed E-state index contributed by atoms with van der Waals surface area (Å²) in [7, 11) is 0. The number of rotatable bonds is 5. The molecule has 24 heavy (non-hydrogen) atoms. The van der Waals surface area contributed by atoms with Crippen LogP contribution < -0.4 is 10.6 Å². The van der Waals surface area contributed by atoms with Crippen molar-refractivity contribution in [1.29, 1.82) is 0 Å². The second kappa shape index (κ2) is 7.15. The van der Waals surface area contributed by atoms with E-state index < -0.39 is 0 Å². The predicted molar refractivity (Wildman–Crippen MR) is 91.1 cm³/mol. The molecule has 2 saturated heterocycles. The minimum Gasteiger partial charge on any atom is -0.469 e. The topological polar surface area (TPSA) is 68.0 Å². The van der Waals surface area contributed by atoms with Crippen LogP contribution in [0, 0.1) is 0 Å². The quantitative estimate of drug-likeness (QED) is 0.636. The van der Waals surface area contributed by atoms with Crippen molar-refractivity contribution in [2.75, 3.05) is 26.4 Å².